The largest absolute Gasteiger partial charge is 0.297 e. The van der Waals surface area contributed by atoms with E-state index < -0.39 is 0 Å². The van der Waals surface area contributed by atoms with E-state index >= 15 is 0 Å². The molecule has 0 spiro atoms. The Balaban J connectivity index is 1.66. The molecule has 35 heavy (non-hydrogen) atoms. The lowest BCUT2D eigenvalue weighted by molar-refractivity contribution is -0.617. The summed E-state index contributed by atoms with van der Waals surface area (Å²) in [5.74, 6) is 1.25. The van der Waals surface area contributed by atoms with Gasteiger partial charge in [-0.1, -0.05) is 62.8 Å². The Morgan fingerprint density at radius 1 is 0.829 bits per heavy atom. The topological polar surface area (TPSA) is 21.2 Å². The number of imidazole rings is 1. The Hall–Kier alpha value is -2.94. The molecule has 178 valence electrons. The van der Waals surface area contributed by atoms with Gasteiger partial charge in [-0.15, -0.1) is 0 Å². The van der Waals surface area contributed by atoms with E-state index in [9.17, 15) is 0 Å². The fourth-order valence-corrected chi connectivity index (χ4v) is 7.35. The number of para-hydroxylation sites is 3. The molecule has 3 nitrogen and oxygen atoms in total. The zero-order chi connectivity index (χ0) is 23.5. The van der Waals surface area contributed by atoms with Crippen molar-refractivity contribution in [3.8, 4) is 0 Å². The van der Waals surface area contributed by atoms with Gasteiger partial charge < -0.3 is 0 Å². The first-order valence-corrected chi connectivity index (χ1v) is 13.9. The lowest BCUT2D eigenvalue weighted by Gasteiger charge is -2.24. The van der Waals surface area contributed by atoms with Gasteiger partial charge in [0.1, 0.15) is 5.52 Å². The molecule has 0 radical (unpaired) electrons. The van der Waals surface area contributed by atoms with E-state index in [0.717, 1.165) is 0 Å². The SMILES string of the molecule is Cc1cc(C2CCCCC2)nc2c3cccc(C4CCCCC4)c3n3c4ccccc4[n+](C)c3c12. The molecule has 0 atom stereocenters. The lowest BCUT2D eigenvalue weighted by atomic mass is 9.82. The summed E-state index contributed by atoms with van der Waals surface area (Å²) < 4.78 is 4.98. The molecule has 0 amide bonds. The number of aromatic nitrogens is 3. The Bertz CT molecular complexity index is 1580. The fourth-order valence-electron chi connectivity index (χ4n) is 7.35. The molecule has 0 unspecified atom stereocenters. The van der Waals surface area contributed by atoms with Crippen molar-refractivity contribution in [2.75, 3.05) is 0 Å². The molecule has 0 aliphatic heterocycles. The van der Waals surface area contributed by atoms with Crippen molar-refractivity contribution in [3.63, 3.8) is 0 Å². The van der Waals surface area contributed by atoms with E-state index in [2.05, 4.69) is 71.5 Å². The summed E-state index contributed by atoms with van der Waals surface area (Å²) in [7, 11) is 2.24. The smallest absolute Gasteiger partial charge is 0.251 e. The van der Waals surface area contributed by atoms with E-state index in [-0.39, 0.29) is 0 Å². The minimum absolute atomic E-state index is 0.610. The zero-order valence-electron chi connectivity index (χ0n) is 21.2. The summed E-state index contributed by atoms with van der Waals surface area (Å²) >= 11 is 0. The van der Waals surface area contributed by atoms with Crippen molar-refractivity contribution in [3.05, 3.63) is 65.4 Å². The van der Waals surface area contributed by atoms with Crippen LogP contribution in [-0.2, 0) is 7.05 Å². The third kappa shape index (κ3) is 3.23. The standard InChI is InChI=1S/C32H36N3/c1-21-20-26(23-14-7-4-8-15-23)33-30-25-17-11-16-24(22-12-5-3-6-13-22)31(25)35-28-19-10-9-18-27(28)34(2)32(35)29(21)30/h9-11,16-20,22-23H,3-8,12-15H2,1-2H3/q+1. The summed E-state index contributed by atoms with van der Waals surface area (Å²) in [6, 6.07) is 18.4. The number of aryl methyl sites for hydroxylation is 2. The second-order valence-electron chi connectivity index (χ2n) is 11.2. The molecule has 2 aliphatic rings. The average Bonchev–Trinajstić information content (AvgIpc) is 3.21. The van der Waals surface area contributed by atoms with Gasteiger partial charge in [0.2, 0.25) is 0 Å². The second kappa shape index (κ2) is 8.33. The fraction of sp³-hybridized carbons (Fsp3) is 0.438. The molecule has 2 saturated carbocycles. The first-order valence-electron chi connectivity index (χ1n) is 13.9. The minimum atomic E-state index is 0.610. The maximum Gasteiger partial charge on any atom is 0.297 e. The molecule has 3 heteroatoms. The van der Waals surface area contributed by atoms with Crippen LogP contribution < -0.4 is 4.57 Å². The maximum atomic E-state index is 5.51. The second-order valence-corrected chi connectivity index (χ2v) is 11.2. The number of fused-ring (bicyclic) bond motifs is 8. The normalized spacial score (nSPS) is 18.3. The van der Waals surface area contributed by atoms with Crippen LogP contribution in [-0.4, -0.2) is 9.38 Å². The van der Waals surface area contributed by atoms with Crippen LogP contribution in [0.25, 0.3) is 38.5 Å². The summed E-state index contributed by atoms with van der Waals surface area (Å²) in [5.41, 5.74) is 10.7. The quantitative estimate of drug-likeness (QED) is 0.192. The predicted molar refractivity (Wildman–Crippen MR) is 145 cm³/mol. The highest BCUT2D eigenvalue weighted by Crippen LogP contribution is 2.41. The van der Waals surface area contributed by atoms with Crippen molar-refractivity contribution < 1.29 is 4.57 Å². The maximum absolute atomic E-state index is 5.51. The molecule has 3 aromatic heterocycles. The summed E-state index contributed by atoms with van der Waals surface area (Å²) in [5, 5.41) is 2.65. The molecule has 7 rings (SSSR count). The molecule has 0 saturated heterocycles. The Kier molecular flexibility index (Phi) is 5.08. The number of nitrogens with zero attached hydrogens (tertiary/aromatic N) is 3. The van der Waals surface area contributed by atoms with E-state index in [0.29, 0.717) is 11.8 Å². The van der Waals surface area contributed by atoms with Gasteiger partial charge in [-0.05, 0) is 68.4 Å². The number of benzene rings is 2. The zero-order valence-corrected chi connectivity index (χ0v) is 21.2. The Morgan fingerprint density at radius 2 is 1.54 bits per heavy atom. The summed E-state index contributed by atoms with van der Waals surface area (Å²) in [6.07, 6.45) is 13.3. The molecule has 3 heterocycles. The highest BCUT2D eigenvalue weighted by Gasteiger charge is 2.29. The van der Waals surface area contributed by atoms with Crippen LogP contribution in [0.3, 0.4) is 0 Å². The van der Waals surface area contributed by atoms with Crippen LogP contribution in [0.5, 0.6) is 0 Å². The van der Waals surface area contributed by atoms with Crippen molar-refractivity contribution in [1.29, 1.82) is 0 Å². The number of hydrogen-bond acceptors (Lipinski definition) is 1. The summed E-state index contributed by atoms with van der Waals surface area (Å²) in [6.45, 7) is 2.31. The third-order valence-electron chi connectivity index (χ3n) is 9.09. The first kappa shape index (κ1) is 21.4. The lowest BCUT2D eigenvalue weighted by Crippen LogP contribution is -2.27. The van der Waals surface area contributed by atoms with Crippen molar-refractivity contribution >= 4 is 38.5 Å². The van der Waals surface area contributed by atoms with Gasteiger partial charge in [0.15, 0.2) is 11.0 Å². The molecule has 0 N–H and O–H groups in total. The van der Waals surface area contributed by atoms with Crippen LogP contribution in [0, 0.1) is 6.92 Å². The van der Waals surface area contributed by atoms with Crippen LogP contribution >= 0.6 is 0 Å². The van der Waals surface area contributed by atoms with Gasteiger partial charge in [-0.2, -0.15) is 4.40 Å². The van der Waals surface area contributed by atoms with Crippen molar-refractivity contribution in [2.24, 2.45) is 7.05 Å². The van der Waals surface area contributed by atoms with E-state index in [1.165, 1.54) is 120 Å². The highest BCUT2D eigenvalue weighted by molar-refractivity contribution is 6.12. The Labute approximate surface area is 207 Å². The predicted octanol–water partition coefficient (Wildman–Crippen LogP) is 8.02. The van der Waals surface area contributed by atoms with Crippen LogP contribution in [0.4, 0.5) is 0 Å². The van der Waals surface area contributed by atoms with Gasteiger partial charge in [-0.25, -0.2) is 4.57 Å². The van der Waals surface area contributed by atoms with Gasteiger partial charge in [-0.3, -0.25) is 4.98 Å². The van der Waals surface area contributed by atoms with Crippen LogP contribution in [0.15, 0.2) is 48.5 Å². The van der Waals surface area contributed by atoms with Gasteiger partial charge in [0.05, 0.1) is 18.0 Å². The summed E-state index contributed by atoms with van der Waals surface area (Å²) in [4.78, 5) is 5.51. The highest BCUT2D eigenvalue weighted by atomic mass is 15.1. The molecular formula is C32H36N3+. The number of hydrogen-bond donors (Lipinski definition) is 0. The van der Waals surface area contributed by atoms with Gasteiger partial charge in [0.25, 0.3) is 5.65 Å². The molecular weight excluding hydrogens is 426 g/mol. The molecule has 0 bridgehead atoms. The molecule has 2 fully saturated rings. The van der Waals surface area contributed by atoms with E-state index in [1.807, 2.05) is 0 Å². The minimum Gasteiger partial charge on any atom is -0.251 e. The number of rotatable bonds is 2. The monoisotopic (exact) mass is 462 g/mol. The van der Waals surface area contributed by atoms with Gasteiger partial charge >= 0.3 is 0 Å². The van der Waals surface area contributed by atoms with E-state index in [4.69, 9.17) is 4.98 Å². The van der Waals surface area contributed by atoms with E-state index in [1.54, 1.807) is 0 Å². The first-order chi connectivity index (χ1) is 17.2. The molecule has 2 aliphatic carbocycles. The number of pyridine rings is 2. The Morgan fingerprint density at radius 3 is 2.31 bits per heavy atom. The van der Waals surface area contributed by atoms with Crippen molar-refractivity contribution in [1.82, 2.24) is 9.38 Å². The van der Waals surface area contributed by atoms with Crippen LogP contribution in [0.1, 0.15) is 92.9 Å². The van der Waals surface area contributed by atoms with Crippen molar-refractivity contribution in [2.45, 2.75) is 83.0 Å². The average molecular weight is 463 g/mol. The molecule has 2 aromatic carbocycles. The van der Waals surface area contributed by atoms with Gasteiger partial charge in [0, 0.05) is 22.6 Å². The molecule has 5 aromatic rings. The third-order valence-corrected chi connectivity index (χ3v) is 9.09. The van der Waals surface area contributed by atoms with Crippen LogP contribution in [0.2, 0.25) is 0 Å².